The van der Waals surface area contributed by atoms with E-state index >= 15 is 0 Å². The van der Waals surface area contributed by atoms with Crippen molar-refractivity contribution in [2.45, 2.75) is 6.54 Å². The number of rotatable bonds is 8. The number of amides is 2. The van der Waals surface area contributed by atoms with Crippen LogP contribution < -0.4 is 16.0 Å². The van der Waals surface area contributed by atoms with Gasteiger partial charge < -0.3 is 20.5 Å². The molecular weight excluding hydrogens is 434 g/mol. The molecule has 0 spiro atoms. The van der Waals surface area contributed by atoms with Crippen LogP contribution in [0.3, 0.4) is 0 Å². The summed E-state index contributed by atoms with van der Waals surface area (Å²) in [5.74, 6) is -0.273. The first-order valence-corrected chi connectivity index (χ1v) is 10.7. The minimum atomic E-state index is -0.499. The predicted molar refractivity (Wildman–Crippen MR) is 131 cm³/mol. The topological polar surface area (TPSA) is 123 Å². The van der Waals surface area contributed by atoms with Crippen molar-refractivity contribution in [3.8, 4) is 0 Å². The average molecular weight is 460 g/mol. The minimum absolute atomic E-state index is 0.140. The van der Waals surface area contributed by atoms with Gasteiger partial charge in [0, 0.05) is 23.7 Å². The van der Waals surface area contributed by atoms with Crippen LogP contribution in [0.5, 0.6) is 0 Å². The number of anilines is 3. The van der Waals surface area contributed by atoms with Gasteiger partial charge in [0.25, 0.3) is 5.91 Å². The Morgan fingerprint density at radius 1 is 1.06 bits per heavy atom. The number of fused-ring (bicyclic) bond motifs is 1. The van der Waals surface area contributed by atoms with Crippen molar-refractivity contribution in [3.63, 3.8) is 0 Å². The highest BCUT2D eigenvalue weighted by atomic mass is 16.6. The van der Waals surface area contributed by atoms with Crippen molar-refractivity contribution < 1.29 is 19.1 Å². The third kappa shape index (κ3) is 5.33. The molecule has 1 aromatic heterocycles. The van der Waals surface area contributed by atoms with Gasteiger partial charge in [-0.1, -0.05) is 24.3 Å². The van der Waals surface area contributed by atoms with Gasteiger partial charge in [-0.3, -0.25) is 14.8 Å². The monoisotopic (exact) mass is 459 g/mol. The van der Waals surface area contributed by atoms with E-state index in [2.05, 4.69) is 15.5 Å². The van der Waals surface area contributed by atoms with Crippen LogP contribution in [0, 0.1) is 0 Å². The highest BCUT2D eigenvalue weighted by Crippen LogP contribution is 2.24. The van der Waals surface area contributed by atoms with Gasteiger partial charge in [-0.05, 0) is 48.0 Å². The first kappa shape index (κ1) is 22.8. The molecule has 9 nitrogen and oxygen atoms in total. The minimum Gasteiger partial charge on any atom is -0.447 e. The van der Waals surface area contributed by atoms with Gasteiger partial charge in [0.1, 0.15) is 6.61 Å². The number of nitrogen functional groups attached to an aromatic ring is 1. The summed E-state index contributed by atoms with van der Waals surface area (Å²) in [7, 11) is 1.54. The number of carbonyl (C=O) groups excluding carboxylic acids is 2. The summed E-state index contributed by atoms with van der Waals surface area (Å²) >= 11 is 0. The zero-order valence-electron chi connectivity index (χ0n) is 18.7. The first-order valence-electron chi connectivity index (χ1n) is 10.7. The van der Waals surface area contributed by atoms with Crippen molar-refractivity contribution >= 4 is 40.0 Å². The molecule has 0 fully saturated rings. The van der Waals surface area contributed by atoms with Crippen LogP contribution in [-0.2, 0) is 16.0 Å². The molecule has 0 atom stereocenters. The van der Waals surface area contributed by atoms with Crippen molar-refractivity contribution in [1.82, 2.24) is 10.2 Å². The molecule has 4 rings (SSSR count). The number of nitrogens with two attached hydrogens (primary N) is 1. The third-order valence-corrected chi connectivity index (χ3v) is 5.23. The molecule has 0 aliphatic heterocycles. The fourth-order valence-electron chi connectivity index (χ4n) is 3.40. The molecule has 0 unspecified atom stereocenters. The highest BCUT2D eigenvalue weighted by molar-refractivity contribution is 6.05. The number of carbonyl (C=O) groups is 2. The summed E-state index contributed by atoms with van der Waals surface area (Å²) in [6.45, 7) is 0.695. The standard InChI is InChI=1S/C25H25N5O4/c1-33-12-13-34-25(32)30(20-10-11-22-19(14-20)15-27-29-22)16-17-6-8-18(9-7-17)24(31)28-23-5-3-2-4-21(23)26/h2-11,14-15H,12-13,16,26H2,1H3,(H,27,29)(H,28,31). The quantitative estimate of drug-likeness (QED) is 0.268. The lowest BCUT2D eigenvalue weighted by Gasteiger charge is -2.22. The van der Waals surface area contributed by atoms with Crippen molar-refractivity contribution in [2.24, 2.45) is 0 Å². The fourth-order valence-corrected chi connectivity index (χ4v) is 3.40. The molecule has 0 bridgehead atoms. The largest absolute Gasteiger partial charge is 0.447 e. The lowest BCUT2D eigenvalue weighted by molar-refractivity contribution is 0.102. The SMILES string of the molecule is COCCOC(=O)N(Cc1ccc(C(=O)Nc2ccccc2N)cc1)c1ccc2[nH]ncc2c1. The van der Waals surface area contributed by atoms with Crippen LogP contribution in [0.1, 0.15) is 15.9 Å². The Bertz CT molecular complexity index is 1290. The van der Waals surface area contributed by atoms with Crippen LogP contribution >= 0.6 is 0 Å². The lowest BCUT2D eigenvalue weighted by atomic mass is 10.1. The maximum absolute atomic E-state index is 12.9. The van der Waals surface area contributed by atoms with E-state index in [0.29, 0.717) is 29.2 Å². The Kier molecular flexibility index (Phi) is 7.04. The maximum Gasteiger partial charge on any atom is 0.414 e. The lowest BCUT2D eigenvalue weighted by Crippen LogP contribution is -2.31. The van der Waals surface area contributed by atoms with Gasteiger partial charge in [-0.25, -0.2) is 4.79 Å². The molecule has 2 amide bonds. The van der Waals surface area contributed by atoms with E-state index in [1.54, 1.807) is 61.8 Å². The van der Waals surface area contributed by atoms with Crippen molar-refractivity contribution in [2.75, 3.05) is 36.3 Å². The fraction of sp³-hybridized carbons (Fsp3) is 0.160. The molecule has 3 aromatic carbocycles. The van der Waals surface area contributed by atoms with Crippen LogP contribution in [0.15, 0.2) is 72.9 Å². The number of ether oxygens (including phenoxy) is 2. The number of benzene rings is 3. The van der Waals surface area contributed by atoms with Crippen LogP contribution in [0.25, 0.3) is 10.9 Å². The second-order valence-corrected chi connectivity index (χ2v) is 7.57. The van der Waals surface area contributed by atoms with Crippen LogP contribution in [0.2, 0.25) is 0 Å². The molecule has 174 valence electrons. The van der Waals surface area contributed by atoms with Crippen LogP contribution in [-0.4, -0.2) is 42.5 Å². The second kappa shape index (κ2) is 10.5. The highest BCUT2D eigenvalue weighted by Gasteiger charge is 2.19. The van der Waals surface area contributed by atoms with E-state index in [1.165, 1.54) is 4.90 Å². The molecule has 0 aliphatic rings. The Labute approximate surface area is 196 Å². The number of hydrogen-bond donors (Lipinski definition) is 3. The Morgan fingerprint density at radius 3 is 2.62 bits per heavy atom. The molecule has 0 saturated carbocycles. The maximum atomic E-state index is 12.9. The zero-order valence-corrected chi connectivity index (χ0v) is 18.7. The van der Waals surface area contributed by atoms with E-state index in [9.17, 15) is 9.59 Å². The van der Waals surface area contributed by atoms with E-state index in [-0.39, 0.29) is 19.1 Å². The normalized spacial score (nSPS) is 10.7. The van der Waals surface area contributed by atoms with Gasteiger partial charge in [0.2, 0.25) is 0 Å². The number of aromatic amines is 1. The molecule has 0 radical (unpaired) electrons. The number of aromatic nitrogens is 2. The second-order valence-electron chi connectivity index (χ2n) is 7.57. The molecule has 9 heteroatoms. The number of H-pyrrole nitrogens is 1. The van der Waals surface area contributed by atoms with Gasteiger partial charge in [0.05, 0.1) is 36.2 Å². The predicted octanol–water partition coefficient (Wildman–Crippen LogP) is 4.19. The molecule has 34 heavy (non-hydrogen) atoms. The van der Waals surface area contributed by atoms with E-state index < -0.39 is 6.09 Å². The van der Waals surface area contributed by atoms with Crippen molar-refractivity contribution in [3.05, 3.63) is 84.1 Å². The zero-order chi connectivity index (χ0) is 23.9. The van der Waals surface area contributed by atoms with Gasteiger partial charge in [-0.15, -0.1) is 0 Å². The molecule has 0 aliphatic carbocycles. The van der Waals surface area contributed by atoms with Gasteiger partial charge >= 0.3 is 6.09 Å². The Hall–Kier alpha value is -4.37. The van der Waals surface area contributed by atoms with E-state index in [4.69, 9.17) is 15.2 Å². The number of hydrogen-bond acceptors (Lipinski definition) is 6. The van der Waals surface area contributed by atoms with E-state index in [1.807, 2.05) is 18.2 Å². The number of para-hydroxylation sites is 2. The smallest absolute Gasteiger partial charge is 0.414 e. The summed E-state index contributed by atoms with van der Waals surface area (Å²) in [4.78, 5) is 27.0. The number of nitrogens with zero attached hydrogens (tertiary/aromatic N) is 2. The number of nitrogens with one attached hydrogen (secondary N) is 2. The van der Waals surface area contributed by atoms with Crippen molar-refractivity contribution in [1.29, 1.82) is 0 Å². The molecule has 0 saturated heterocycles. The molecule has 4 N–H and O–H groups in total. The summed E-state index contributed by atoms with van der Waals surface area (Å²) in [6.07, 6.45) is 1.20. The van der Waals surface area contributed by atoms with Gasteiger partial charge in [-0.2, -0.15) is 5.10 Å². The molecular formula is C25H25N5O4. The molecule has 1 heterocycles. The first-order chi connectivity index (χ1) is 16.5. The molecule has 4 aromatic rings. The van der Waals surface area contributed by atoms with E-state index in [0.717, 1.165) is 16.5 Å². The Morgan fingerprint density at radius 2 is 1.85 bits per heavy atom. The average Bonchev–Trinajstić information content (AvgIpc) is 3.32. The van der Waals surface area contributed by atoms with Crippen LogP contribution in [0.4, 0.5) is 21.9 Å². The van der Waals surface area contributed by atoms with Gasteiger partial charge in [0.15, 0.2) is 0 Å². The summed E-state index contributed by atoms with van der Waals surface area (Å²) < 4.78 is 10.3. The Balaban J connectivity index is 1.51. The third-order valence-electron chi connectivity index (χ3n) is 5.23. The summed E-state index contributed by atoms with van der Waals surface area (Å²) in [6, 6.07) is 19.6. The summed E-state index contributed by atoms with van der Waals surface area (Å²) in [5.41, 5.74) is 9.78. The summed E-state index contributed by atoms with van der Waals surface area (Å²) in [5, 5.41) is 10.6. The number of methoxy groups -OCH3 is 1.